The van der Waals surface area contributed by atoms with Crippen LogP contribution in [0.15, 0.2) is 67.0 Å². The van der Waals surface area contributed by atoms with Crippen LogP contribution in [0, 0.1) is 5.92 Å². The molecule has 4 aliphatic heterocycles. The van der Waals surface area contributed by atoms with Crippen molar-refractivity contribution in [1.29, 1.82) is 0 Å². The van der Waals surface area contributed by atoms with Gasteiger partial charge in [-0.1, -0.05) is 36.4 Å². The Bertz CT molecular complexity index is 1060. The number of aromatic nitrogens is 1. The molecule has 1 amide bonds. The predicted octanol–water partition coefficient (Wildman–Crippen LogP) is 3.94. The molecule has 4 fully saturated rings. The van der Waals surface area contributed by atoms with Gasteiger partial charge in [-0.05, 0) is 66.4 Å². The molecule has 4 aliphatic rings. The Morgan fingerprint density at radius 3 is 2.55 bits per heavy atom. The maximum absolute atomic E-state index is 13.7. The quantitative estimate of drug-likeness (QED) is 0.673. The fraction of sp³-hybridized carbons (Fsp3) is 0.360. The Morgan fingerprint density at radius 2 is 1.76 bits per heavy atom. The third-order valence-corrected chi connectivity index (χ3v) is 7.36. The summed E-state index contributed by atoms with van der Waals surface area (Å²) in [6.45, 7) is 3.13. The van der Waals surface area contributed by atoms with Gasteiger partial charge in [-0.25, -0.2) is 0 Å². The van der Waals surface area contributed by atoms with E-state index in [1.807, 2.05) is 36.7 Å². The van der Waals surface area contributed by atoms with E-state index >= 15 is 0 Å². The first-order valence-electron chi connectivity index (χ1n) is 10.7. The van der Waals surface area contributed by atoms with Crippen LogP contribution in [-0.4, -0.2) is 52.4 Å². The van der Waals surface area contributed by atoms with Crippen LogP contribution in [0.5, 0.6) is 0 Å². The van der Waals surface area contributed by atoms with Crippen molar-refractivity contribution in [2.45, 2.75) is 30.8 Å². The molecule has 29 heavy (non-hydrogen) atoms. The molecule has 146 valence electrons. The van der Waals surface area contributed by atoms with Crippen molar-refractivity contribution in [3.8, 4) is 0 Å². The van der Waals surface area contributed by atoms with E-state index in [0.717, 1.165) is 17.5 Å². The van der Waals surface area contributed by atoms with E-state index in [1.165, 1.54) is 36.9 Å². The third kappa shape index (κ3) is 2.70. The number of carbonyl (C=O) groups excluding carboxylic acids is 1. The van der Waals surface area contributed by atoms with Crippen LogP contribution in [-0.2, 0) is 0 Å². The lowest BCUT2D eigenvalue weighted by Crippen LogP contribution is -2.60. The van der Waals surface area contributed by atoms with E-state index in [2.05, 4.69) is 45.1 Å². The molecule has 0 saturated carbocycles. The molecule has 4 heteroatoms. The Kier molecular flexibility index (Phi) is 3.95. The number of rotatable bonds is 2. The molecule has 0 radical (unpaired) electrons. The average molecular weight is 383 g/mol. The summed E-state index contributed by atoms with van der Waals surface area (Å²) in [6.07, 6.45) is 6.25. The first-order valence-corrected chi connectivity index (χ1v) is 10.7. The van der Waals surface area contributed by atoms with Crippen molar-refractivity contribution in [1.82, 2.24) is 14.8 Å². The Hall–Kier alpha value is -2.72. The summed E-state index contributed by atoms with van der Waals surface area (Å²) >= 11 is 0. The molecule has 0 aliphatic carbocycles. The van der Waals surface area contributed by atoms with Gasteiger partial charge in [-0.15, -0.1) is 0 Å². The fourth-order valence-electron chi connectivity index (χ4n) is 6.03. The topological polar surface area (TPSA) is 36.4 Å². The number of likely N-dealkylation sites (tertiary alicyclic amines) is 1. The summed E-state index contributed by atoms with van der Waals surface area (Å²) in [5.74, 6) is 1.16. The second kappa shape index (κ2) is 6.67. The molecular formula is C25H25N3O. The molecular weight excluding hydrogens is 358 g/mol. The monoisotopic (exact) mass is 383 g/mol. The molecule has 0 N–H and O–H groups in total. The van der Waals surface area contributed by atoms with Gasteiger partial charge in [0.05, 0.1) is 6.04 Å². The highest BCUT2D eigenvalue weighted by atomic mass is 16.2. The molecule has 2 aromatic carbocycles. The van der Waals surface area contributed by atoms with E-state index in [1.54, 1.807) is 0 Å². The van der Waals surface area contributed by atoms with E-state index in [-0.39, 0.29) is 5.91 Å². The lowest BCUT2D eigenvalue weighted by Gasteiger charge is -2.51. The molecule has 0 spiro atoms. The minimum absolute atomic E-state index is 0.186. The number of carbonyl (C=O) groups is 1. The average Bonchev–Trinajstić information content (AvgIpc) is 3.23. The number of amides is 1. The van der Waals surface area contributed by atoms with Gasteiger partial charge >= 0.3 is 0 Å². The number of hydrogen-bond donors (Lipinski definition) is 0. The first kappa shape index (κ1) is 17.2. The SMILES string of the molecule is O=C(c1ccc2ccccc2c1)N1CC(c2cccnc2)C2C1C1CCN2CC1. The van der Waals surface area contributed by atoms with E-state index in [4.69, 9.17) is 0 Å². The number of hydrogen-bond acceptors (Lipinski definition) is 3. The highest BCUT2D eigenvalue weighted by molar-refractivity contribution is 5.99. The normalized spacial score (nSPS) is 30.5. The van der Waals surface area contributed by atoms with Crippen molar-refractivity contribution >= 4 is 16.7 Å². The lowest BCUT2D eigenvalue weighted by atomic mass is 9.75. The zero-order chi connectivity index (χ0) is 19.4. The van der Waals surface area contributed by atoms with E-state index < -0.39 is 0 Å². The molecule has 5 heterocycles. The Labute approximate surface area is 171 Å². The number of benzene rings is 2. The number of nitrogens with zero attached hydrogens (tertiary/aromatic N) is 3. The van der Waals surface area contributed by atoms with Crippen molar-refractivity contribution in [3.05, 3.63) is 78.1 Å². The summed E-state index contributed by atoms with van der Waals surface area (Å²) in [5, 5.41) is 2.31. The van der Waals surface area contributed by atoms with Crippen molar-refractivity contribution < 1.29 is 4.79 Å². The Morgan fingerprint density at radius 1 is 0.931 bits per heavy atom. The second-order valence-corrected chi connectivity index (χ2v) is 8.77. The maximum Gasteiger partial charge on any atom is 0.254 e. The number of piperidine rings is 3. The van der Waals surface area contributed by atoms with Crippen LogP contribution in [0.1, 0.15) is 34.7 Å². The van der Waals surface area contributed by atoms with Gasteiger partial charge in [-0.3, -0.25) is 14.7 Å². The minimum atomic E-state index is 0.186. The van der Waals surface area contributed by atoms with Crippen molar-refractivity contribution in [3.63, 3.8) is 0 Å². The molecule has 2 bridgehead atoms. The van der Waals surface area contributed by atoms with Gasteiger partial charge in [0, 0.05) is 36.5 Å². The lowest BCUT2D eigenvalue weighted by molar-refractivity contribution is -0.00341. The summed E-state index contributed by atoms with van der Waals surface area (Å²) in [5.41, 5.74) is 2.08. The maximum atomic E-state index is 13.7. The second-order valence-electron chi connectivity index (χ2n) is 8.77. The van der Waals surface area contributed by atoms with Gasteiger partial charge in [0.2, 0.25) is 0 Å². The summed E-state index contributed by atoms with van der Waals surface area (Å²) in [7, 11) is 0. The van der Waals surface area contributed by atoms with E-state index in [9.17, 15) is 4.79 Å². The molecule has 3 aromatic rings. The smallest absolute Gasteiger partial charge is 0.254 e. The first-order chi connectivity index (χ1) is 14.3. The van der Waals surface area contributed by atoms with Crippen LogP contribution >= 0.6 is 0 Å². The zero-order valence-electron chi connectivity index (χ0n) is 16.4. The standard InChI is InChI=1S/C25H25N3O/c29-25(20-8-7-17-4-1-2-5-19(17)14-20)28-16-22(21-6-3-11-26-15-21)24-23(28)18-9-12-27(24)13-10-18/h1-8,11,14-15,18,22-24H,9-10,12-13,16H2. The predicted molar refractivity (Wildman–Crippen MR) is 114 cm³/mol. The van der Waals surface area contributed by atoms with Crippen LogP contribution in [0.2, 0.25) is 0 Å². The fourth-order valence-corrected chi connectivity index (χ4v) is 6.03. The van der Waals surface area contributed by atoms with Crippen LogP contribution in [0.4, 0.5) is 0 Å². The Balaban J connectivity index is 1.39. The van der Waals surface area contributed by atoms with E-state index in [0.29, 0.717) is 23.9 Å². The molecule has 4 nitrogen and oxygen atoms in total. The largest absolute Gasteiger partial charge is 0.333 e. The molecule has 1 aromatic heterocycles. The number of fused-ring (bicyclic) bond motifs is 3. The van der Waals surface area contributed by atoms with Gasteiger partial charge < -0.3 is 4.90 Å². The number of pyridine rings is 1. The molecule has 3 atom stereocenters. The molecule has 7 rings (SSSR count). The van der Waals surface area contributed by atoms with Gasteiger partial charge in [0.25, 0.3) is 5.91 Å². The third-order valence-electron chi connectivity index (χ3n) is 7.36. The zero-order valence-corrected chi connectivity index (χ0v) is 16.4. The van der Waals surface area contributed by atoms with Gasteiger partial charge in [0.1, 0.15) is 0 Å². The van der Waals surface area contributed by atoms with Crippen molar-refractivity contribution in [2.24, 2.45) is 5.92 Å². The van der Waals surface area contributed by atoms with Crippen LogP contribution in [0.3, 0.4) is 0 Å². The molecule has 4 saturated heterocycles. The summed E-state index contributed by atoms with van der Waals surface area (Å²) in [6, 6.07) is 19.4. The van der Waals surface area contributed by atoms with Gasteiger partial charge in [-0.2, -0.15) is 0 Å². The highest BCUT2D eigenvalue weighted by Gasteiger charge is 2.54. The van der Waals surface area contributed by atoms with Gasteiger partial charge in [0.15, 0.2) is 0 Å². The van der Waals surface area contributed by atoms with Crippen molar-refractivity contribution in [2.75, 3.05) is 19.6 Å². The highest BCUT2D eigenvalue weighted by Crippen LogP contribution is 2.46. The summed E-state index contributed by atoms with van der Waals surface area (Å²) in [4.78, 5) is 22.9. The summed E-state index contributed by atoms with van der Waals surface area (Å²) < 4.78 is 0. The minimum Gasteiger partial charge on any atom is -0.333 e. The van der Waals surface area contributed by atoms with Crippen LogP contribution in [0.25, 0.3) is 10.8 Å². The van der Waals surface area contributed by atoms with Crippen LogP contribution < -0.4 is 0 Å². The molecule has 3 unspecified atom stereocenters.